The molecule has 112 valence electrons. The van der Waals surface area contributed by atoms with E-state index in [1.165, 1.54) is 12.1 Å². The summed E-state index contributed by atoms with van der Waals surface area (Å²) < 4.78 is 38.6. The molecule has 0 N–H and O–H groups in total. The maximum atomic E-state index is 12.6. The van der Waals surface area contributed by atoms with Gasteiger partial charge in [-0.05, 0) is 18.2 Å². The Bertz CT molecular complexity index is 704. The van der Waals surface area contributed by atoms with E-state index < -0.39 is 23.1 Å². The van der Waals surface area contributed by atoms with Gasteiger partial charge in [0.15, 0.2) is 5.78 Å². The molecule has 0 spiro atoms. The molecule has 1 aromatic carbocycles. The van der Waals surface area contributed by atoms with Crippen molar-refractivity contribution in [3.8, 4) is 5.69 Å². The summed E-state index contributed by atoms with van der Waals surface area (Å²) >= 11 is 0. The maximum Gasteiger partial charge on any atom is 0.416 e. The van der Waals surface area contributed by atoms with Crippen LogP contribution in [0.1, 0.15) is 29.3 Å². The van der Waals surface area contributed by atoms with E-state index in [2.05, 4.69) is 5.10 Å². The minimum absolute atomic E-state index is 0. The summed E-state index contributed by atoms with van der Waals surface area (Å²) in [6.45, 7) is 1.59. The molecule has 2 aromatic rings. The third kappa shape index (κ3) is 3.53. The zero-order valence-corrected chi connectivity index (χ0v) is 13.8. The first-order valence-electron chi connectivity index (χ1n) is 5.80. The first-order valence-corrected chi connectivity index (χ1v) is 5.80. The summed E-state index contributed by atoms with van der Waals surface area (Å²) in [5.41, 5.74) is -1.74. The Morgan fingerprint density at radius 3 is 2.57 bits per heavy atom. The first kappa shape index (κ1) is 17.4. The Hall–Kier alpha value is -1.62. The van der Waals surface area contributed by atoms with E-state index in [0.717, 1.165) is 23.0 Å². The van der Waals surface area contributed by atoms with Gasteiger partial charge in [-0.15, -0.1) is 6.20 Å². The van der Waals surface area contributed by atoms with Gasteiger partial charge in [0.05, 0.1) is 11.1 Å². The van der Waals surface area contributed by atoms with E-state index in [4.69, 9.17) is 0 Å². The number of aromatic nitrogens is 2. The van der Waals surface area contributed by atoms with Crippen molar-refractivity contribution < 1.29 is 39.0 Å². The smallest absolute Gasteiger partial charge is 0.416 e. The van der Waals surface area contributed by atoms with Gasteiger partial charge in [-0.1, -0.05) is 13.0 Å². The molecule has 0 atom stereocenters. The standard InChI is InChI=1S/C13H11F3N2O2.W/c1-2-11(19)10-7-17-18(12(10)20)9-5-3-4-8(6-9)13(14,15)16;/h3-7H,2H2,1H3,(H,17,19,20);/p-1. The van der Waals surface area contributed by atoms with Gasteiger partial charge < -0.3 is 9.78 Å². The van der Waals surface area contributed by atoms with Crippen LogP contribution < -0.4 is 10.7 Å². The molecule has 4 nitrogen and oxygen atoms in total. The summed E-state index contributed by atoms with van der Waals surface area (Å²) in [5, 5.41) is 3.69. The quantitative estimate of drug-likeness (QED) is 0.653. The number of carbonyl (C=O) groups is 1. The fourth-order valence-electron chi connectivity index (χ4n) is 1.72. The molecule has 21 heavy (non-hydrogen) atoms. The zero-order chi connectivity index (χ0) is 14.9. The number of rotatable bonds is 3. The van der Waals surface area contributed by atoms with Crippen molar-refractivity contribution in [2.24, 2.45) is 0 Å². The molecule has 0 aliphatic carbocycles. The summed E-state index contributed by atoms with van der Waals surface area (Å²) in [6.07, 6.45) is -3.30. The van der Waals surface area contributed by atoms with Crippen molar-refractivity contribution in [2.75, 3.05) is 0 Å². The molecule has 8 heteroatoms. The van der Waals surface area contributed by atoms with E-state index in [1.54, 1.807) is 6.92 Å². The molecule has 0 aliphatic heterocycles. The molecule has 0 saturated carbocycles. The van der Waals surface area contributed by atoms with Gasteiger partial charge in [-0.3, -0.25) is 9.59 Å². The largest absolute Gasteiger partial charge is 0.593 e. The number of benzene rings is 1. The van der Waals surface area contributed by atoms with Crippen LogP contribution in [0.15, 0.2) is 35.3 Å². The van der Waals surface area contributed by atoms with Crippen LogP contribution in [-0.4, -0.2) is 10.5 Å². The Kier molecular flexibility index (Phi) is 5.34. The number of carbonyl (C=O) groups excluding carboxylic acids is 1. The SMILES string of the molecule is CCC(=O)c1c[n-]n(-c2cccc(C(F)(F)F)c2)c1=O.[W]. The topological polar surface area (TPSA) is 53.2 Å². The molecule has 0 saturated heterocycles. The first-order chi connectivity index (χ1) is 9.34. The van der Waals surface area contributed by atoms with Gasteiger partial charge in [0.1, 0.15) is 0 Å². The van der Waals surface area contributed by atoms with Crippen LogP contribution in [0.2, 0.25) is 0 Å². The normalized spacial score (nSPS) is 11.0. The Labute approximate surface area is 132 Å². The summed E-state index contributed by atoms with van der Waals surface area (Å²) in [7, 11) is 0. The summed E-state index contributed by atoms with van der Waals surface area (Å²) in [4.78, 5) is 23.4. The Balaban J connectivity index is 0.00000220. The molecule has 0 bridgehead atoms. The monoisotopic (exact) mass is 467 g/mol. The van der Waals surface area contributed by atoms with Crippen molar-refractivity contribution >= 4 is 5.78 Å². The summed E-state index contributed by atoms with van der Waals surface area (Å²) in [6, 6.07) is 4.22. The van der Waals surface area contributed by atoms with Crippen LogP contribution in [0.5, 0.6) is 0 Å². The number of hydrogen-bond acceptors (Lipinski definition) is 2. The summed E-state index contributed by atoms with van der Waals surface area (Å²) in [5.74, 6) is -0.395. The van der Waals surface area contributed by atoms with Crippen molar-refractivity contribution in [3.05, 3.63) is 51.9 Å². The third-order valence-electron chi connectivity index (χ3n) is 2.76. The second kappa shape index (κ2) is 6.43. The van der Waals surface area contributed by atoms with E-state index in [0.29, 0.717) is 0 Å². The Morgan fingerprint density at radius 1 is 1.33 bits per heavy atom. The van der Waals surface area contributed by atoms with Crippen LogP contribution in [0, 0.1) is 0 Å². The Morgan fingerprint density at radius 2 is 2.00 bits per heavy atom. The molecule has 2 rings (SSSR count). The minimum Gasteiger partial charge on any atom is -0.593 e. The third-order valence-corrected chi connectivity index (χ3v) is 2.76. The van der Waals surface area contributed by atoms with Gasteiger partial charge >= 0.3 is 6.18 Å². The van der Waals surface area contributed by atoms with Crippen molar-refractivity contribution in [3.63, 3.8) is 0 Å². The predicted molar refractivity (Wildman–Crippen MR) is 65.0 cm³/mol. The van der Waals surface area contributed by atoms with E-state index in [9.17, 15) is 22.8 Å². The predicted octanol–water partition coefficient (Wildman–Crippen LogP) is 2.40. The van der Waals surface area contributed by atoms with Crippen molar-refractivity contribution in [1.29, 1.82) is 0 Å². The average Bonchev–Trinajstić information content (AvgIpc) is 2.79. The maximum absolute atomic E-state index is 12.6. The van der Waals surface area contributed by atoms with Gasteiger partial charge in [0.2, 0.25) is 5.56 Å². The van der Waals surface area contributed by atoms with Gasteiger partial charge in [-0.2, -0.15) is 13.2 Å². The van der Waals surface area contributed by atoms with E-state index in [1.807, 2.05) is 0 Å². The van der Waals surface area contributed by atoms with E-state index >= 15 is 0 Å². The fourth-order valence-corrected chi connectivity index (χ4v) is 1.72. The number of alkyl halides is 3. The molecule has 1 aromatic heterocycles. The van der Waals surface area contributed by atoms with E-state index in [-0.39, 0.29) is 38.7 Å². The van der Waals surface area contributed by atoms with Crippen LogP contribution in [-0.2, 0) is 27.2 Å². The van der Waals surface area contributed by atoms with Crippen molar-refractivity contribution in [1.82, 2.24) is 9.78 Å². The minimum atomic E-state index is -4.51. The zero-order valence-electron chi connectivity index (χ0n) is 10.8. The number of ketones is 1. The number of Topliss-reactive ketones (excluding diaryl/α,β-unsaturated/α-hetero) is 1. The second-order valence-electron chi connectivity index (χ2n) is 4.10. The molecule has 0 radical (unpaired) electrons. The van der Waals surface area contributed by atoms with Crippen LogP contribution >= 0.6 is 0 Å². The molecule has 0 unspecified atom stereocenters. The van der Waals surface area contributed by atoms with Crippen LogP contribution in [0.25, 0.3) is 5.69 Å². The van der Waals surface area contributed by atoms with Crippen LogP contribution in [0.3, 0.4) is 0 Å². The number of halogens is 3. The molecule has 0 aliphatic rings. The number of hydrogen-bond donors (Lipinski definition) is 0. The molecular formula is C13H10F3N2O2W-. The second-order valence-corrected chi connectivity index (χ2v) is 4.10. The molecule has 0 amide bonds. The average molecular weight is 467 g/mol. The molecule has 0 fully saturated rings. The van der Waals surface area contributed by atoms with Gasteiger partial charge in [-0.25, -0.2) is 0 Å². The van der Waals surface area contributed by atoms with Gasteiger partial charge in [0.25, 0.3) is 0 Å². The van der Waals surface area contributed by atoms with Crippen molar-refractivity contribution in [2.45, 2.75) is 19.5 Å². The number of nitrogens with zero attached hydrogens (tertiary/aromatic N) is 2. The fraction of sp³-hybridized carbons (Fsp3) is 0.231. The molecular weight excluding hydrogens is 457 g/mol. The van der Waals surface area contributed by atoms with Crippen LogP contribution in [0.4, 0.5) is 13.2 Å². The van der Waals surface area contributed by atoms with Gasteiger partial charge in [0, 0.05) is 33.2 Å². The molecule has 1 heterocycles.